The summed E-state index contributed by atoms with van der Waals surface area (Å²) in [5, 5.41) is 8.30. The molecule has 0 bridgehead atoms. The van der Waals surface area contributed by atoms with E-state index in [1.165, 1.54) is 0 Å². The van der Waals surface area contributed by atoms with Crippen LogP contribution in [0, 0.1) is 0 Å². The molecule has 2 fully saturated rings. The summed E-state index contributed by atoms with van der Waals surface area (Å²) in [6.45, 7) is 3.34. The second-order valence-corrected chi connectivity index (χ2v) is 7.31. The van der Waals surface area contributed by atoms with Crippen molar-refractivity contribution >= 4 is 22.8 Å². The molecule has 1 aromatic heterocycles. The summed E-state index contributed by atoms with van der Waals surface area (Å²) in [7, 11) is 0. The van der Waals surface area contributed by atoms with Gasteiger partial charge in [0.1, 0.15) is 12.1 Å². The van der Waals surface area contributed by atoms with E-state index < -0.39 is 0 Å². The lowest BCUT2D eigenvalue weighted by Crippen LogP contribution is -2.50. The molecule has 7 heteroatoms. The zero-order chi connectivity index (χ0) is 18.1. The van der Waals surface area contributed by atoms with Crippen molar-refractivity contribution in [2.24, 2.45) is 0 Å². The van der Waals surface area contributed by atoms with Crippen LogP contribution in [0.2, 0.25) is 0 Å². The largest absolute Gasteiger partial charge is 0.338 e. The molecule has 2 aliphatic rings. The molecule has 2 aliphatic heterocycles. The topological polar surface area (TPSA) is 71.3 Å². The number of para-hydroxylation sites is 1. The van der Waals surface area contributed by atoms with Crippen molar-refractivity contribution in [3.63, 3.8) is 0 Å². The first-order chi connectivity index (χ1) is 12.6. The summed E-state index contributed by atoms with van der Waals surface area (Å²) in [5.74, 6) is 0.190. The minimum atomic E-state index is 0.0722. The highest BCUT2D eigenvalue weighted by Gasteiger charge is 2.41. The maximum absolute atomic E-state index is 13.1. The fraction of sp³-hybridized carbons (Fsp3) is 0.579. The van der Waals surface area contributed by atoms with Gasteiger partial charge in [0.05, 0.1) is 17.6 Å². The van der Waals surface area contributed by atoms with Gasteiger partial charge in [0, 0.05) is 20.0 Å². The molecule has 2 atom stereocenters. The van der Waals surface area contributed by atoms with Gasteiger partial charge < -0.3 is 9.80 Å². The van der Waals surface area contributed by atoms with Crippen molar-refractivity contribution in [1.29, 1.82) is 0 Å². The third-order valence-electron chi connectivity index (χ3n) is 5.74. The molecule has 2 amide bonds. The summed E-state index contributed by atoms with van der Waals surface area (Å²) >= 11 is 0. The first-order valence-electron chi connectivity index (χ1n) is 9.50. The average molecular weight is 355 g/mol. The predicted octanol–water partition coefficient (Wildman–Crippen LogP) is 1.82. The number of hydrogen-bond acceptors (Lipinski definition) is 4. The number of carbonyl (C=O) groups excluding carboxylic acids is 2. The van der Waals surface area contributed by atoms with Crippen LogP contribution >= 0.6 is 0 Å². The SMILES string of the molecule is CC(=O)N1CC[C@H]2[C@H]1CCCCCN2C(=O)Cn1nnc2ccccc21. The van der Waals surface area contributed by atoms with E-state index in [4.69, 9.17) is 0 Å². The van der Waals surface area contributed by atoms with E-state index in [2.05, 4.69) is 10.3 Å². The van der Waals surface area contributed by atoms with Crippen molar-refractivity contribution in [2.45, 2.75) is 57.7 Å². The van der Waals surface area contributed by atoms with Crippen LogP contribution in [0.25, 0.3) is 11.0 Å². The second kappa shape index (κ2) is 7.05. The standard InChI is InChI=1S/C19H25N5O2/c1-14(25)22-12-10-18-17(22)9-3-2-6-11-23(18)19(26)13-24-16-8-5-4-7-15(16)20-21-24/h4-5,7-8,17-18H,2-3,6,9-13H2,1H3/t17-,18+/m1/s1. The summed E-state index contributed by atoms with van der Waals surface area (Å²) < 4.78 is 1.68. The summed E-state index contributed by atoms with van der Waals surface area (Å²) in [4.78, 5) is 29.1. The molecule has 0 radical (unpaired) electrons. The first-order valence-corrected chi connectivity index (χ1v) is 9.50. The molecule has 3 heterocycles. The number of nitrogens with zero attached hydrogens (tertiary/aromatic N) is 5. The molecule has 2 saturated heterocycles. The minimum absolute atomic E-state index is 0.0722. The van der Waals surface area contributed by atoms with Gasteiger partial charge in [-0.1, -0.05) is 30.2 Å². The lowest BCUT2D eigenvalue weighted by Gasteiger charge is -2.37. The number of hydrogen-bond donors (Lipinski definition) is 0. The Hall–Kier alpha value is -2.44. The Kier molecular flexibility index (Phi) is 4.61. The van der Waals surface area contributed by atoms with Gasteiger partial charge in [0.15, 0.2) is 0 Å². The molecule has 0 N–H and O–H groups in total. The number of likely N-dealkylation sites (tertiary alicyclic amines) is 2. The zero-order valence-corrected chi connectivity index (χ0v) is 15.2. The molecule has 0 unspecified atom stereocenters. The second-order valence-electron chi connectivity index (χ2n) is 7.31. The zero-order valence-electron chi connectivity index (χ0n) is 15.2. The summed E-state index contributed by atoms with van der Waals surface area (Å²) in [6, 6.07) is 7.97. The lowest BCUT2D eigenvalue weighted by molar-refractivity contribution is -0.137. The molecule has 0 saturated carbocycles. The Bertz CT molecular complexity index is 817. The molecule has 2 aromatic rings. The number of rotatable bonds is 2. The fourth-order valence-electron chi connectivity index (χ4n) is 4.48. The van der Waals surface area contributed by atoms with Crippen LogP contribution in [0.1, 0.15) is 39.0 Å². The monoisotopic (exact) mass is 355 g/mol. The van der Waals surface area contributed by atoms with Crippen LogP contribution < -0.4 is 0 Å². The highest BCUT2D eigenvalue weighted by Crippen LogP contribution is 2.30. The van der Waals surface area contributed by atoms with Crippen molar-refractivity contribution < 1.29 is 9.59 Å². The molecule has 0 aliphatic carbocycles. The Morgan fingerprint density at radius 1 is 1.04 bits per heavy atom. The van der Waals surface area contributed by atoms with Gasteiger partial charge >= 0.3 is 0 Å². The first kappa shape index (κ1) is 17.0. The van der Waals surface area contributed by atoms with E-state index in [9.17, 15) is 9.59 Å². The molecule has 1 aromatic carbocycles. The minimum Gasteiger partial charge on any atom is -0.338 e. The lowest BCUT2D eigenvalue weighted by atomic mass is 9.97. The summed E-state index contributed by atoms with van der Waals surface area (Å²) in [6.07, 6.45) is 5.10. The van der Waals surface area contributed by atoms with E-state index in [0.29, 0.717) is 0 Å². The van der Waals surface area contributed by atoms with Crippen LogP contribution in [0.5, 0.6) is 0 Å². The van der Waals surface area contributed by atoms with Gasteiger partial charge in [-0.05, 0) is 31.4 Å². The third kappa shape index (κ3) is 3.06. The van der Waals surface area contributed by atoms with Crippen LogP contribution in [-0.2, 0) is 16.1 Å². The summed E-state index contributed by atoms with van der Waals surface area (Å²) in [5.41, 5.74) is 1.68. The highest BCUT2D eigenvalue weighted by molar-refractivity contribution is 5.80. The normalized spacial score (nSPS) is 23.6. The number of fused-ring (bicyclic) bond motifs is 2. The van der Waals surface area contributed by atoms with E-state index in [1.807, 2.05) is 34.1 Å². The van der Waals surface area contributed by atoms with Crippen LogP contribution in [0.15, 0.2) is 24.3 Å². The van der Waals surface area contributed by atoms with Gasteiger partial charge in [0.2, 0.25) is 11.8 Å². The van der Waals surface area contributed by atoms with Gasteiger partial charge in [-0.25, -0.2) is 4.68 Å². The Balaban J connectivity index is 1.56. The van der Waals surface area contributed by atoms with E-state index in [1.54, 1.807) is 11.6 Å². The molecule has 4 rings (SSSR count). The van der Waals surface area contributed by atoms with Crippen molar-refractivity contribution in [3.05, 3.63) is 24.3 Å². The molecule has 0 spiro atoms. The maximum atomic E-state index is 13.1. The molecule has 26 heavy (non-hydrogen) atoms. The fourth-order valence-corrected chi connectivity index (χ4v) is 4.48. The number of amides is 2. The number of aromatic nitrogens is 3. The highest BCUT2D eigenvalue weighted by atomic mass is 16.2. The van der Waals surface area contributed by atoms with Gasteiger partial charge in [0.25, 0.3) is 0 Å². The third-order valence-corrected chi connectivity index (χ3v) is 5.74. The maximum Gasteiger partial charge on any atom is 0.244 e. The Labute approximate surface area is 152 Å². The van der Waals surface area contributed by atoms with Crippen LogP contribution in [0.3, 0.4) is 0 Å². The van der Waals surface area contributed by atoms with Crippen molar-refractivity contribution in [1.82, 2.24) is 24.8 Å². The van der Waals surface area contributed by atoms with Crippen LogP contribution in [-0.4, -0.2) is 61.8 Å². The van der Waals surface area contributed by atoms with E-state index >= 15 is 0 Å². The Morgan fingerprint density at radius 3 is 2.69 bits per heavy atom. The van der Waals surface area contributed by atoms with Gasteiger partial charge in [-0.3, -0.25) is 9.59 Å². The number of benzene rings is 1. The van der Waals surface area contributed by atoms with Gasteiger partial charge in [-0.15, -0.1) is 5.10 Å². The number of carbonyl (C=O) groups is 2. The van der Waals surface area contributed by atoms with E-state index in [0.717, 1.165) is 56.2 Å². The van der Waals surface area contributed by atoms with Gasteiger partial charge in [-0.2, -0.15) is 0 Å². The van der Waals surface area contributed by atoms with E-state index in [-0.39, 0.29) is 30.4 Å². The van der Waals surface area contributed by atoms with Crippen molar-refractivity contribution in [2.75, 3.05) is 13.1 Å². The van der Waals surface area contributed by atoms with Crippen LogP contribution in [0.4, 0.5) is 0 Å². The Morgan fingerprint density at radius 2 is 1.85 bits per heavy atom. The predicted molar refractivity (Wildman–Crippen MR) is 97.3 cm³/mol. The quantitative estimate of drug-likeness (QED) is 0.824. The average Bonchev–Trinajstić information content (AvgIpc) is 3.20. The molecular weight excluding hydrogens is 330 g/mol. The molecule has 138 valence electrons. The smallest absolute Gasteiger partial charge is 0.244 e. The van der Waals surface area contributed by atoms with Crippen molar-refractivity contribution in [3.8, 4) is 0 Å². The molecular formula is C19H25N5O2. The molecule has 7 nitrogen and oxygen atoms in total.